The molecule has 1 heterocycles. The fraction of sp³-hybridized carbons (Fsp3) is 0.429. The van der Waals surface area contributed by atoms with Crippen LogP contribution in [0.3, 0.4) is 0 Å². The minimum absolute atomic E-state index is 0.112. The van der Waals surface area contributed by atoms with Crippen molar-refractivity contribution in [1.29, 1.82) is 0 Å². The first-order valence-electron chi connectivity index (χ1n) is 3.30. The van der Waals surface area contributed by atoms with Crippen LogP contribution in [-0.2, 0) is 0 Å². The highest BCUT2D eigenvalue weighted by Gasteiger charge is 2.02. The number of nitrogens with zero attached hydrogens (tertiary/aromatic N) is 1. The third-order valence-corrected chi connectivity index (χ3v) is 1.77. The number of hydrogen-bond donors (Lipinski definition) is 0. The predicted molar refractivity (Wildman–Crippen MR) is 43.3 cm³/mol. The molecule has 1 aromatic rings. The van der Waals surface area contributed by atoms with E-state index in [2.05, 4.69) is 4.98 Å². The summed E-state index contributed by atoms with van der Waals surface area (Å²) in [5.74, 6) is 0. The predicted octanol–water partition coefficient (Wildman–Crippen LogP) is 1.74. The summed E-state index contributed by atoms with van der Waals surface area (Å²) in [7, 11) is 0. The van der Waals surface area contributed by atoms with Crippen molar-refractivity contribution >= 4 is 17.6 Å². The molecule has 0 bridgehead atoms. The van der Waals surface area contributed by atoms with Gasteiger partial charge in [0.15, 0.2) is 6.29 Å². The number of carbonyl (C=O) groups is 1. The highest BCUT2D eigenvalue weighted by atomic mass is 32.1. The molecule has 0 aromatic carbocycles. The summed E-state index contributed by atoms with van der Waals surface area (Å²) in [4.78, 5) is 14.7. The second-order valence-corrected chi connectivity index (χ2v) is 3.34. The van der Waals surface area contributed by atoms with E-state index in [-0.39, 0.29) is 6.10 Å². The molecule has 0 atom stereocenters. The van der Waals surface area contributed by atoms with Crippen molar-refractivity contribution in [1.82, 2.24) is 4.98 Å². The maximum Gasteiger partial charge on any atom is 0.274 e. The van der Waals surface area contributed by atoms with E-state index in [4.69, 9.17) is 4.74 Å². The molecule has 3 nitrogen and oxygen atoms in total. The van der Waals surface area contributed by atoms with Crippen LogP contribution < -0.4 is 4.74 Å². The van der Waals surface area contributed by atoms with Gasteiger partial charge in [-0.15, -0.1) is 0 Å². The molecular formula is C7H9NO2S. The van der Waals surface area contributed by atoms with E-state index in [1.165, 1.54) is 17.5 Å². The number of carbonyl (C=O) groups excluding carboxylic acids is 1. The van der Waals surface area contributed by atoms with Gasteiger partial charge in [0.2, 0.25) is 0 Å². The molecule has 0 spiro atoms. The lowest BCUT2D eigenvalue weighted by Gasteiger charge is -2.03. The summed E-state index contributed by atoms with van der Waals surface area (Å²) < 4.78 is 5.25. The summed E-state index contributed by atoms with van der Waals surface area (Å²) in [5, 5.41) is 0.558. The van der Waals surface area contributed by atoms with E-state index in [1.54, 1.807) is 0 Å². The quantitative estimate of drug-likeness (QED) is 0.650. The molecule has 0 saturated heterocycles. The topological polar surface area (TPSA) is 39.2 Å². The van der Waals surface area contributed by atoms with Crippen LogP contribution in [0.15, 0.2) is 6.20 Å². The van der Waals surface area contributed by atoms with Gasteiger partial charge in [-0.1, -0.05) is 11.3 Å². The zero-order valence-corrected chi connectivity index (χ0v) is 7.22. The Labute approximate surface area is 69.0 Å². The van der Waals surface area contributed by atoms with Crippen LogP contribution in [0.2, 0.25) is 0 Å². The largest absolute Gasteiger partial charge is 0.467 e. The van der Waals surface area contributed by atoms with E-state index in [9.17, 15) is 4.79 Å². The number of thiazole rings is 1. The number of hydrogen-bond acceptors (Lipinski definition) is 4. The van der Waals surface area contributed by atoms with Crippen LogP contribution in [0, 0.1) is 0 Å². The Balaban J connectivity index is 2.65. The van der Waals surface area contributed by atoms with Crippen LogP contribution in [0.5, 0.6) is 5.19 Å². The average molecular weight is 171 g/mol. The van der Waals surface area contributed by atoms with Crippen LogP contribution in [0.25, 0.3) is 0 Å². The monoisotopic (exact) mass is 171 g/mol. The average Bonchev–Trinajstić information content (AvgIpc) is 2.34. The van der Waals surface area contributed by atoms with Gasteiger partial charge in [0.05, 0.1) is 17.2 Å². The molecule has 0 radical (unpaired) electrons. The molecule has 1 aromatic heterocycles. The van der Waals surface area contributed by atoms with Gasteiger partial charge in [-0.25, -0.2) is 4.98 Å². The zero-order valence-electron chi connectivity index (χ0n) is 6.40. The summed E-state index contributed by atoms with van der Waals surface area (Å²) >= 11 is 1.26. The minimum Gasteiger partial charge on any atom is -0.467 e. The van der Waals surface area contributed by atoms with Crippen LogP contribution in [-0.4, -0.2) is 17.4 Å². The number of aldehydes is 1. The molecule has 0 aliphatic heterocycles. The normalized spacial score (nSPS) is 10.1. The van der Waals surface area contributed by atoms with Crippen molar-refractivity contribution in [2.75, 3.05) is 0 Å². The lowest BCUT2D eigenvalue weighted by atomic mass is 10.5. The summed E-state index contributed by atoms with van der Waals surface area (Å²) in [6.07, 6.45) is 2.39. The fourth-order valence-corrected chi connectivity index (χ4v) is 1.28. The Bertz CT molecular complexity index is 244. The second kappa shape index (κ2) is 3.48. The van der Waals surface area contributed by atoms with Crippen molar-refractivity contribution in [2.45, 2.75) is 20.0 Å². The van der Waals surface area contributed by atoms with Gasteiger partial charge in [0.25, 0.3) is 5.19 Å². The zero-order chi connectivity index (χ0) is 8.27. The first-order chi connectivity index (χ1) is 5.22. The maximum absolute atomic E-state index is 10.2. The SMILES string of the molecule is CC(C)Oc1ncc(C=O)s1. The fourth-order valence-electron chi connectivity index (χ4n) is 0.580. The lowest BCUT2D eigenvalue weighted by molar-refractivity contribution is 0.112. The van der Waals surface area contributed by atoms with Gasteiger partial charge < -0.3 is 4.74 Å². The third-order valence-electron chi connectivity index (χ3n) is 0.955. The minimum atomic E-state index is 0.112. The van der Waals surface area contributed by atoms with Crippen LogP contribution >= 0.6 is 11.3 Å². The highest BCUT2D eigenvalue weighted by Crippen LogP contribution is 2.19. The Hall–Kier alpha value is -0.900. The van der Waals surface area contributed by atoms with Gasteiger partial charge in [0, 0.05) is 0 Å². The molecule has 4 heteroatoms. The van der Waals surface area contributed by atoms with Crippen molar-refractivity contribution in [3.05, 3.63) is 11.1 Å². The van der Waals surface area contributed by atoms with Gasteiger partial charge >= 0.3 is 0 Å². The molecular weight excluding hydrogens is 162 g/mol. The van der Waals surface area contributed by atoms with Crippen LogP contribution in [0.1, 0.15) is 23.5 Å². The lowest BCUT2D eigenvalue weighted by Crippen LogP contribution is -2.04. The van der Waals surface area contributed by atoms with E-state index in [1.807, 2.05) is 13.8 Å². The van der Waals surface area contributed by atoms with Crippen LogP contribution in [0.4, 0.5) is 0 Å². The molecule has 0 saturated carbocycles. The molecule has 11 heavy (non-hydrogen) atoms. The molecule has 0 fully saturated rings. The Morgan fingerprint density at radius 2 is 2.45 bits per heavy atom. The van der Waals surface area contributed by atoms with Gasteiger partial charge in [-0.3, -0.25) is 4.79 Å². The Morgan fingerprint density at radius 3 is 2.91 bits per heavy atom. The van der Waals surface area contributed by atoms with Gasteiger partial charge in [0.1, 0.15) is 0 Å². The number of aromatic nitrogens is 1. The molecule has 0 amide bonds. The summed E-state index contributed by atoms with van der Waals surface area (Å²) in [6, 6.07) is 0. The van der Waals surface area contributed by atoms with Crippen molar-refractivity contribution in [3.63, 3.8) is 0 Å². The van der Waals surface area contributed by atoms with E-state index < -0.39 is 0 Å². The first-order valence-corrected chi connectivity index (χ1v) is 4.11. The summed E-state index contributed by atoms with van der Waals surface area (Å²) in [5.41, 5.74) is 0. The molecule has 0 aliphatic rings. The van der Waals surface area contributed by atoms with E-state index >= 15 is 0 Å². The smallest absolute Gasteiger partial charge is 0.274 e. The molecule has 0 unspecified atom stereocenters. The molecule has 60 valence electrons. The highest BCUT2D eigenvalue weighted by molar-refractivity contribution is 7.15. The number of rotatable bonds is 3. The van der Waals surface area contributed by atoms with Crippen molar-refractivity contribution in [2.24, 2.45) is 0 Å². The third kappa shape index (κ3) is 2.31. The second-order valence-electron chi connectivity index (χ2n) is 2.31. The van der Waals surface area contributed by atoms with E-state index in [0.29, 0.717) is 10.1 Å². The Kier molecular flexibility index (Phi) is 2.59. The number of ether oxygens (including phenoxy) is 1. The maximum atomic E-state index is 10.2. The Morgan fingerprint density at radius 1 is 1.73 bits per heavy atom. The van der Waals surface area contributed by atoms with Crippen molar-refractivity contribution in [3.8, 4) is 5.19 Å². The van der Waals surface area contributed by atoms with Gasteiger partial charge in [-0.05, 0) is 13.8 Å². The first kappa shape index (κ1) is 8.20. The standard InChI is InChI=1S/C7H9NO2S/c1-5(2)10-7-8-3-6(4-9)11-7/h3-5H,1-2H3. The van der Waals surface area contributed by atoms with Crippen molar-refractivity contribution < 1.29 is 9.53 Å². The van der Waals surface area contributed by atoms with Gasteiger partial charge in [-0.2, -0.15) is 0 Å². The van der Waals surface area contributed by atoms with E-state index in [0.717, 1.165) is 6.29 Å². The molecule has 0 N–H and O–H groups in total. The summed E-state index contributed by atoms with van der Waals surface area (Å²) in [6.45, 7) is 3.84. The molecule has 1 rings (SSSR count). The molecule has 0 aliphatic carbocycles.